The zero-order chi connectivity index (χ0) is 26.2. The van der Waals surface area contributed by atoms with Gasteiger partial charge in [0.2, 0.25) is 11.8 Å². The molecule has 6 nitrogen and oxygen atoms in total. The van der Waals surface area contributed by atoms with Crippen LogP contribution in [-0.2, 0) is 26.3 Å². The standard InChI is InChI=1S/C32H30N2O4/c35-30(33-26-16-18-28(19-17-26)38-27-14-8-3-9-15-27)29(23-37-22-24-10-4-1-5-11-24)34-31(36)32(20-21-32)25-12-6-2-7-13-25/h1-19,29H,20-23H2,(H,33,35)(H,34,36). The van der Waals surface area contributed by atoms with Crippen molar-refractivity contribution in [3.63, 3.8) is 0 Å². The lowest BCUT2D eigenvalue weighted by molar-refractivity contribution is -0.129. The molecule has 0 heterocycles. The normalized spacial score (nSPS) is 14.2. The largest absolute Gasteiger partial charge is 0.457 e. The minimum atomic E-state index is -0.854. The third-order valence-electron chi connectivity index (χ3n) is 6.63. The second-order valence-corrected chi connectivity index (χ2v) is 9.40. The fourth-order valence-corrected chi connectivity index (χ4v) is 4.34. The summed E-state index contributed by atoms with van der Waals surface area (Å²) >= 11 is 0. The van der Waals surface area contributed by atoms with Gasteiger partial charge in [-0.25, -0.2) is 0 Å². The summed E-state index contributed by atoms with van der Waals surface area (Å²) in [5.41, 5.74) is 1.98. The van der Waals surface area contributed by atoms with Crippen molar-refractivity contribution in [3.8, 4) is 11.5 Å². The predicted octanol–water partition coefficient (Wildman–Crippen LogP) is 5.85. The number of hydrogen-bond acceptors (Lipinski definition) is 4. The smallest absolute Gasteiger partial charge is 0.249 e. The van der Waals surface area contributed by atoms with E-state index in [-0.39, 0.29) is 18.4 Å². The maximum absolute atomic E-state index is 13.4. The lowest BCUT2D eigenvalue weighted by atomic mass is 9.94. The van der Waals surface area contributed by atoms with E-state index in [2.05, 4.69) is 10.6 Å². The van der Waals surface area contributed by atoms with Crippen LogP contribution in [0.3, 0.4) is 0 Å². The average Bonchev–Trinajstić information content (AvgIpc) is 3.78. The van der Waals surface area contributed by atoms with Crippen LogP contribution in [0, 0.1) is 0 Å². The first-order valence-corrected chi connectivity index (χ1v) is 12.7. The van der Waals surface area contributed by atoms with Gasteiger partial charge in [0.15, 0.2) is 0 Å². The first-order chi connectivity index (χ1) is 18.6. The molecule has 1 saturated carbocycles. The summed E-state index contributed by atoms with van der Waals surface area (Å²) in [6, 6.07) is 35.2. The van der Waals surface area contributed by atoms with Gasteiger partial charge >= 0.3 is 0 Å². The molecule has 0 saturated heterocycles. The molecule has 38 heavy (non-hydrogen) atoms. The minimum Gasteiger partial charge on any atom is -0.457 e. The molecule has 2 N–H and O–H groups in total. The van der Waals surface area contributed by atoms with Crippen LogP contribution in [0.1, 0.15) is 24.0 Å². The maximum Gasteiger partial charge on any atom is 0.249 e. The van der Waals surface area contributed by atoms with Crippen LogP contribution in [0.2, 0.25) is 0 Å². The first-order valence-electron chi connectivity index (χ1n) is 12.7. The summed E-state index contributed by atoms with van der Waals surface area (Å²) in [4.78, 5) is 26.7. The van der Waals surface area contributed by atoms with Crippen molar-refractivity contribution < 1.29 is 19.1 Å². The summed E-state index contributed by atoms with van der Waals surface area (Å²) in [5.74, 6) is 0.893. The summed E-state index contributed by atoms with van der Waals surface area (Å²) in [7, 11) is 0. The van der Waals surface area contributed by atoms with Crippen LogP contribution in [0.5, 0.6) is 11.5 Å². The molecule has 4 aromatic rings. The zero-order valence-electron chi connectivity index (χ0n) is 21.0. The Kier molecular flexibility index (Phi) is 7.81. The average molecular weight is 507 g/mol. The Labute approximate surface area is 222 Å². The Hall–Kier alpha value is -4.42. The number of rotatable bonds is 11. The SMILES string of the molecule is O=C(Nc1ccc(Oc2ccccc2)cc1)C(COCc1ccccc1)NC(=O)C1(c2ccccc2)CC1. The highest BCUT2D eigenvalue weighted by molar-refractivity contribution is 6.00. The molecule has 1 atom stereocenters. The van der Waals surface area contributed by atoms with Crippen LogP contribution in [0.25, 0.3) is 0 Å². The topological polar surface area (TPSA) is 76.7 Å². The second kappa shape index (κ2) is 11.8. The van der Waals surface area contributed by atoms with Crippen molar-refractivity contribution >= 4 is 17.5 Å². The van der Waals surface area contributed by atoms with Crippen molar-refractivity contribution in [2.45, 2.75) is 30.9 Å². The Balaban J connectivity index is 1.25. The minimum absolute atomic E-state index is 0.0482. The van der Waals surface area contributed by atoms with Crippen LogP contribution >= 0.6 is 0 Å². The molecule has 4 aromatic carbocycles. The summed E-state index contributed by atoms with van der Waals surface area (Å²) < 4.78 is 11.7. The zero-order valence-corrected chi connectivity index (χ0v) is 21.0. The van der Waals surface area contributed by atoms with Gasteiger partial charge in [-0.2, -0.15) is 0 Å². The molecule has 1 unspecified atom stereocenters. The van der Waals surface area contributed by atoms with Gasteiger partial charge in [0, 0.05) is 5.69 Å². The van der Waals surface area contributed by atoms with E-state index >= 15 is 0 Å². The number of ether oxygens (including phenoxy) is 2. The van der Waals surface area contributed by atoms with Crippen molar-refractivity contribution in [2.75, 3.05) is 11.9 Å². The van der Waals surface area contributed by atoms with Crippen LogP contribution in [0.15, 0.2) is 115 Å². The van der Waals surface area contributed by atoms with Gasteiger partial charge in [-0.15, -0.1) is 0 Å². The van der Waals surface area contributed by atoms with Crippen LogP contribution < -0.4 is 15.4 Å². The third kappa shape index (κ3) is 6.28. The molecule has 1 aliphatic rings. The molecular weight excluding hydrogens is 476 g/mol. The molecule has 0 spiro atoms. The first kappa shape index (κ1) is 25.2. The van der Waals surface area contributed by atoms with Gasteiger partial charge in [-0.05, 0) is 60.4 Å². The highest BCUT2D eigenvalue weighted by atomic mass is 16.5. The number of hydrogen-bond donors (Lipinski definition) is 2. The molecule has 0 aliphatic heterocycles. The molecule has 0 bridgehead atoms. The molecule has 0 aromatic heterocycles. The van der Waals surface area contributed by atoms with E-state index in [0.29, 0.717) is 18.0 Å². The van der Waals surface area contributed by atoms with E-state index in [1.165, 1.54) is 0 Å². The number of benzene rings is 4. The molecule has 6 heteroatoms. The van der Waals surface area contributed by atoms with Gasteiger partial charge in [0.05, 0.1) is 18.6 Å². The van der Waals surface area contributed by atoms with E-state index in [1.54, 1.807) is 24.3 Å². The Morgan fingerprint density at radius 3 is 1.95 bits per heavy atom. The van der Waals surface area contributed by atoms with Crippen molar-refractivity contribution in [2.24, 2.45) is 0 Å². The van der Waals surface area contributed by atoms with Crippen molar-refractivity contribution in [1.82, 2.24) is 5.32 Å². The third-order valence-corrected chi connectivity index (χ3v) is 6.63. The van der Waals surface area contributed by atoms with Crippen LogP contribution in [0.4, 0.5) is 5.69 Å². The van der Waals surface area contributed by atoms with Crippen LogP contribution in [-0.4, -0.2) is 24.5 Å². The molecule has 0 radical (unpaired) electrons. The van der Waals surface area contributed by atoms with Gasteiger partial charge in [0.25, 0.3) is 0 Å². The van der Waals surface area contributed by atoms with E-state index < -0.39 is 11.5 Å². The fraction of sp³-hybridized carbons (Fsp3) is 0.188. The lowest BCUT2D eigenvalue weighted by Gasteiger charge is -2.22. The predicted molar refractivity (Wildman–Crippen MR) is 147 cm³/mol. The summed E-state index contributed by atoms with van der Waals surface area (Å²) in [6.45, 7) is 0.391. The van der Waals surface area contributed by atoms with Crippen molar-refractivity contribution in [3.05, 3.63) is 126 Å². The molecular formula is C32H30N2O4. The maximum atomic E-state index is 13.4. The van der Waals surface area contributed by atoms with E-state index in [1.807, 2.05) is 91.0 Å². The molecule has 192 valence electrons. The number of anilines is 1. The molecule has 1 fully saturated rings. The summed E-state index contributed by atoms with van der Waals surface area (Å²) in [6.07, 6.45) is 1.51. The van der Waals surface area contributed by atoms with E-state index in [4.69, 9.17) is 9.47 Å². The van der Waals surface area contributed by atoms with Gasteiger partial charge in [0.1, 0.15) is 17.5 Å². The molecule has 5 rings (SSSR count). The summed E-state index contributed by atoms with van der Waals surface area (Å²) in [5, 5.41) is 5.88. The fourth-order valence-electron chi connectivity index (χ4n) is 4.34. The lowest BCUT2D eigenvalue weighted by Crippen LogP contribution is -2.50. The number of carbonyl (C=O) groups excluding carboxylic acids is 2. The highest BCUT2D eigenvalue weighted by Crippen LogP contribution is 2.48. The van der Waals surface area contributed by atoms with E-state index in [9.17, 15) is 9.59 Å². The monoisotopic (exact) mass is 506 g/mol. The Morgan fingerprint density at radius 2 is 1.32 bits per heavy atom. The molecule has 1 aliphatic carbocycles. The van der Waals surface area contributed by atoms with Gasteiger partial charge in [-0.3, -0.25) is 9.59 Å². The molecule has 2 amide bonds. The highest BCUT2D eigenvalue weighted by Gasteiger charge is 2.51. The quantitative estimate of drug-likeness (QED) is 0.268. The Bertz CT molecular complexity index is 1340. The number of carbonyl (C=O) groups is 2. The number of para-hydroxylation sites is 1. The van der Waals surface area contributed by atoms with Gasteiger partial charge in [-0.1, -0.05) is 78.9 Å². The second-order valence-electron chi connectivity index (χ2n) is 9.40. The van der Waals surface area contributed by atoms with Crippen molar-refractivity contribution in [1.29, 1.82) is 0 Å². The van der Waals surface area contributed by atoms with E-state index in [0.717, 1.165) is 29.7 Å². The van der Waals surface area contributed by atoms with Gasteiger partial charge < -0.3 is 20.1 Å². The number of amides is 2. The number of nitrogens with one attached hydrogen (secondary N) is 2. The Morgan fingerprint density at radius 1 is 0.737 bits per heavy atom.